The molecule has 0 bridgehead atoms. The van der Waals surface area contributed by atoms with Gasteiger partial charge in [-0.3, -0.25) is 0 Å². The second-order valence-corrected chi connectivity index (χ2v) is 5.65. The molecule has 15 heavy (non-hydrogen) atoms. The van der Waals surface area contributed by atoms with Crippen LogP contribution in [0.15, 0.2) is 16.7 Å². The highest BCUT2D eigenvalue weighted by Crippen LogP contribution is 2.53. The van der Waals surface area contributed by atoms with Crippen molar-refractivity contribution in [2.75, 3.05) is 13.1 Å². The molecule has 1 aliphatic heterocycles. The molecule has 1 atom stereocenters. The first-order valence-corrected chi connectivity index (χ1v) is 5.93. The Hall–Kier alpha value is -0.760. The van der Waals surface area contributed by atoms with Crippen LogP contribution < -0.4 is 5.32 Å². The Morgan fingerprint density at radius 1 is 1.33 bits per heavy atom. The molecule has 2 heterocycles. The fourth-order valence-electron chi connectivity index (χ4n) is 3.49. The molecule has 1 spiro atoms. The van der Waals surface area contributed by atoms with Crippen molar-refractivity contribution in [3.05, 3.63) is 23.7 Å². The smallest absolute Gasteiger partial charge is 0.107 e. The van der Waals surface area contributed by atoms with Gasteiger partial charge in [-0.15, -0.1) is 0 Å². The lowest BCUT2D eigenvalue weighted by molar-refractivity contribution is 0.139. The predicted octanol–water partition coefficient (Wildman–Crippen LogP) is 2.48. The molecule has 2 nitrogen and oxygen atoms in total. The second kappa shape index (κ2) is 2.88. The van der Waals surface area contributed by atoms with Gasteiger partial charge in [0.1, 0.15) is 5.76 Å². The Morgan fingerprint density at radius 2 is 2.20 bits per heavy atom. The molecule has 1 aromatic heterocycles. The summed E-state index contributed by atoms with van der Waals surface area (Å²) in [5, 5.41) is 3.53. The van der Waals surface area contributed by atoms with Crippen molar-refractivity contribution in [3.8, 4) is 0 Å². The van der Waals surface area contributed by atoms with Crippen LogP contribution in [0.25, 0.3) is 0 Å². The third-order valence-electron chi connectivity index (χ3n) is 4.69. The zero-order valence-corrected chi connectivity index (χ0v) is 9.60. The summed E-state index contributed by atoms with van der Waals surface area (Å²) in [6.07, 6.45) is 5.48. The Bertz CT molecular complexity index is 372. The molecule has 82 valence electrons. The van der Waals surface area contributed by atoms with E-state index in [0.29, 0.717) is 10.8 Å². The Balaban J connectivity index is 2.16. The molecule has 0 radical (unpaired) electrons. The predicted molar refractivity (Wildman–Crippen MR) is 60.0 cm³/mol. The van der Waals surface area contributed by atoms with E-state index in [4.69, 9.17) is 4.42 Å². The van der Waals surface area contributed by atoms with Crippen molar-refractivity contribution in [2.24, 2.45) is 5.41 Å². The highest BCUT2D eigenvalue weighted by molar-refractivity contribution is 5.36. The van der Waals surface area contributed by atoms with E-state index in [2.05, 4.69) is 25.2 Å². The van der Waals surface area contributed by atoms with Gasteiger partial charge < -0.3 is 9.73 Å². The summed E-state index contributed by atoms with van der Waals surface area (Å²) < 4.78 is 5.61. The molecule has 0 saturated carbocycles. The lowest BCUT2D eigenvalue weighted by Gasteiger charge is -2.47. The van der Waals surface area contributed by atoms with Gasteiger partial charge in [0.15, 0.2) is 0 Å². The summed E-state index contributed by atoms with van der Waals surface area (Å²) in [6.45, 7) is 7.09. The van der Waals surface area contributed by atoms with Crippen LogP contribution in [0.3, 0.4) is 0 Å². The summed E-state index contributed by atoms with van der Waals surface area (Å²) in [5.41, 5.74) is 2.20. The van der Waals surface area contributed by atoms with Crippen LogP contribution >= 0.6 is 0 Å². The molecule has 1 fully saturated rings. The quantitative estimate of drug-likeness (QED) is 0.704. The SMILES string of the molecule is CC1(C)CCc2occc2C12CCNC2. The van der Waals surface area contributed by atoms with Crippen LogP contribution in [0.2, 0.25) is 0 Å². The molecule has 1 aliphatic carbocycles. The van der Waals surface area contributed by atoms with E-state index in [0.717, 1.165) is 19.5 Å². The molecule has 0 amide bonds. The molecular weight excluding hydrogens is 186 g/mol. The first kappa shape index (κ1) is 9.46. The van der Waals surface area contributed by atoms with Crippen molar-refractivity contribution >= 4 is 0 Å². The van der Waals surface area contributed by atoms with Crippen LogP contribution in [-0.2, 0) is 11.8 Å². The number of aryl methyl sites for hydroxylation is 1. The third kappa shape index (κ3) is 1.09. The van der Waals surface area contributed by atoms with Gasteiger partial charge in [0, 0.05) is 23.9 Å². The van der Waals surface area contributed by atoms with Gasteiger partial charge in [-0.05, 0) is 30.9 Å². The van der Waals surface area contributed by atoms with Gasteiger partial charge in [0.25, 0.3) is 0 Å². The maximum atomic E-state index is 5.61. The van der Waals surface area contributed by atoms with E-state index in [1.165, 1.54) is 24.2 Å². The van der Waals surface area contributed by atoms with Crippen LogP contribution in [-0.4, -0.2) is 13.1 Å². The number of hydrogen-bond acceptors (Lipinski definition) is 2. The fourth-order valence-corrected chi connectivity index (χ4v) is 3.49. The lowest BCUT2D eigenvalue weighted by atomic mass is 9.56. The van der Waals surface area contributed by atoms with Gasteiger partial charge in [-0.1, -0.05) is 13.8 Å². The van der Waals surface area contributed by atoms with Gasteiger partial charge >= 0.3 is 0 Å². The van der Waals surface area contributed by atoms with Crippen LogP contribution in [0.1, 0.15) is 38.0 Å². The van der Waals surface area contributed by atoms with Gasteiger partial charge in [0.05, 0.1) is 6.26 Å². The standard InChI is InChI=1S/C13H19NO/c1-12(2)5-3-11-10(4-8-15-11)13(12)6-7-14-9-13/h4,8,14H,3,5-7,9H2,1-2H3. The maximum absolute atomic E-state index is 5.61. The van der Waals surface area contributed by atoms with Crippen LogP contribution in [0.5, 0.6) is 0 Å². The van der Waals surface area contributed by atoms with Gasteiger partial charge in [0.2, 0.25) is 0 Å². The number of furan rings is 1. The molecule has 2 aliphatic rings. The zero-order chi connectivity index (χ0) is 10.5. The van der Waals surface area contributed by atoms with E-state index in [1.807, 2.05) is 6.26 Å². The second-order valence-electron chi connectivity index (χ2n) is 5.65. The van der Waals surface area contributed by atoms with E-state index in [-0.39, 0.29) is 0 Å². The van der Waals surface area contributed by atoms with E-state index in [1.54, 1.807) is 0 Å². The highest BCUT2D eigenvalue weighted by Gasteiger charge is 2.51. The molecule has 0 aromatic carbocycles. The first-order chi connectivity index (χ1) is 7.16. The minimum atomic E-state index is 0.327. The molecule has 1 aromatic rings. The minimum Gasteiger partial charge on any atom is -0.469 e. The van der Waals surface area contributed by atoms with Gasteiger partial charge in [-0.2, -0.15) is 0 Å². The van der Waals surface area contributed by atoms with Crippen LogP contribution in [0.4, 0.5) is 0 Å². The molecule has 2 heteroatoms. The molecule has 3 rings (SSSR count). The van der Waals surface area contributed by atoms with Crippen molar-refractivity contribution in [3.63, 3.8) is 0 Å². The minimum absolute atomic E-state index is 0.327. The largest absolute Gasteiger partial charge is 0.469 e. The number of rotatable bonds is 0. The molecule has 1 unspecified atom stereocenters. The maximum Gasteiger partial charge on any atom is 0.107 e. The highest BCUT2D eigenvalue weighted by atomic mass is 16.3. The molecule has 1 saturated heterocycles. The Morgan fingerprint density at radius 3 is 2.93 bits per heavy atom. The van der Waals surface area contributed by atoms with Crippen molar-refractivity contribution in [1.82, 2.24) is 5.32 Å². The fraction of sp³-hybridized carbons (Fsp3) is 0.692. The molecular formula is C13H19NO. The first-order valence-electron chi connectivity index (χ1n) is 5.93. The Kier molecular flexibility index (Phi) is 1.82. The van der Waals surface area contributed by atoms with E-state index >= 15 is 0 Å². The summed E-state index contributed by atoms with van der Waals surface area (Å²) in [7, 11) is 0. The summed E-state index contributed by atoms with van der Waals surface area (Å²) in [4.78, 5) is 0. The number of hydrogen-bond donors (Lipinski definition) is 1. The normalized spacial score (nSPS) is 33.2. The Labute approximate surface area is 91.0 Å². The summed E-state index contributed by atoms with van der Waals surface area (Å²) in [5.74, 6) is 1.23. The van der Waals surface area contributed by atoms with Crippen molar-refractivity contribution < 1.29 is 4.42 Å². The van der Waals surface area contributed by atoms with E-state index in [9.17, 15) is 0 Å². The zero-order valence-electron chi connectivity index (χ0n) is 9.60. The average Bonchev–Trinajstić information content (AvgIpc) is 2.83. The summed E-state index contributed by atoms with van der Waals surface area (Å²) in [6, 6.07) is 2.20. The number of nitrogens with one attached hydrogen (secondary N) is 1. The summed E-state index contributed by atoms with van der Waals surface area (Å²) >= 11 is 0. The number of fused-ring (bicyclic) bond motifs is 2. The topological polar surface area (TPSA) is 25.2 Å². The third-order valence-corrected chi connectivity index (χ3v) is 4.69. The van der Waals surface area contributed by atoms with E-state index < -0.39 is 0 Å². The van der Waals surface area contributed by atoms with Crippen molar-refractivity contribution in [1.29, 1.82) is 0 Å². The van der Waals surface area contributed by atoms with Crippen LogP contribution in [0, 0.1) is 5.41 Å². The monoisotopic (exact) mass is 205 g/mol. The van der Waals surface area contributed by atoms with Crippen molar-refractivity contribution in [2.45, 2.75) is 38.5 Å². The van der Waals surface area contributed by atoms with Gasteiger partial charge in [-0.25, -0.2) is 0 Å². The molecule has 1 N–H and O–H groups in total. The average molecular weight is 205 g/mol. The lowest BCUT2D eigenvalue weighted by Crippen LogP contribution is -2.46.